The number of hydrogen-bond donors (Lipinski definition) is 1. The van der Waals surface area contributed by atoms with Gasteiger partial charge in [-0.2, -0.15) is 0 Å². The number of aromatic nitrogens is 1. The molecule has 35 heavy (non-hydrogen) atoms. The summed E-state index contributed by atoms with van der Waals surface area (Å²) in [7, 11) is 0. The summed E-state index contributed by atoms with van der Waals surface area (Å²) >= 11 is 6.61. The number of benzene rings is 2. The summed E-state index contributed by atoms with van der Waals surface area (Å²) in [6.45, 7) is 2.44. The molecule has 0 aliphatic carbocycles. The molecule has 2 aliphatic heterocycles. The number of hydrogen-bond acceptors (Lipinski definition) is 6. The lowest BCUT2D eigenvalue weighted by molar-refractivity contribution is -0.135. The fourth-order valence-electron chi connectivity index (χ4n) is 4.19. The molecule has 5 rings (SSSR count). The van der Waals surface area contributed by atoms with Gasteiger partial charge in [0.05, 0.1) is 29.4 Å². The number of fused-ring (bicyclic) bond motifs is 1. The van der Waals surface area contributed by atoms with Crippen molar-refractivity contribution in [1.82, 2.24) is 9.47 Å². The van der Waals surface area contributed by atoms with Crippen LogP contribution >= 0.6 is 24.0 Å². The molecule has 2 aromatic carbocycles. The molecule has 8 nitrogen and oxygen atoms in total. The molecule has 0 bridgehead atoms. The predicted octanol–water partition coefficient (Wildman–Crippen LogP) is 3.60. The predicted molar refractivity (Wildman–Crippen MR) is 138 cm³/mol. The highest BCUT2D eigenvalue weighted by atomic mass is 32.2. The SMILES string of the molecule is O=C(O)c1cccc(N2C(=O)C(=Cc3cn(CC(=O)N4CCOCC4)c4ccccc34)SC2=S)c1. The van der Waals surface area contributed by atoms with E-state index in [2.05, 4.69) is 0 Å². The van der Waals surface area contributed by atoms with E-state index in [1.165, 1.54) is 17.0 Å². The Balaban J connectivity index is 1.45. The van der Waals surface area contributed by atoms with Gasteiger partial charge >= 0.3 is 5.97 Å². The third-order valence-electron chi connectivity index (χ3n) is 5.92. The van der Waals surface area contributed by atoms with Crippen molar-refractivity contribution in [2.45, 2.75) is 6.54 Å². The summed E-state index contributed by atoms with van der Waals surface area (Å²) in [6, 6.07) is 13.9. The van der Waals surface area contributed by atoms with E-state index in [4.69, 9.17) is 17.0 Å². The quantitative estimate of drug-likeness (QED) is 0.417. The first-order valence-electron chi connectivity index (χ1n) is 11.0. The molecule has 10 heteroatoms. The molecule has 2 saturated heterocycles. The molecule has 3 aromatic rings. The molecular weight excluding hydrogens is 486 g/mol. The molecule has 0 spiro atoms. The first-order chi connectivity index (χ1) is 16.9. The van der Waals surface area contributed by atoms with Crippen LogP contribution in [0, 0.1) is 0 Å². The van der Waals surface area contributed by atoms with Crippen molar-refractivity contribution in [2.75, 3.05) is 31.2 Å². The standard InChI is InChI=1S/C25H21N3O5S2/c29-22(26-8-10-33-11-9-26)15-27-14-17(19-6-1-2-7-20(19)27)13-21-23(30)28(25(34)35-21)18-5-3-4-16(12-18)24(31)32/h1-7,12-14H,8-11,15H2,(H,31,32). The van der Waals surface area contributed by atoms with Crippen LogP contribution < -0.4 is 4.90 Å². The number of thioether (sulfide) groups is 1. The van der Waals surface area contributed by atoms with Crippen molar-refractivity contribution in [2.24, 2.45) is 0 Å². The maximum absolute atomic E-state index is 13.3. The second-order valence-corrected chi connectivity index (χ2v) is 9.77. The van der Waals surface area contributed by atoms with E-state index in [0.29, 0.717) is 41.2 Å². The van der Waals surface area contributed by atoms with Crippen LogP contribution in [0.15, 0.2) is 59.6 Å². The van der Waals surface area contributed by atoms with Gasteiger partial charge in [0, 0.05) is 35.8 Å². The minimum absolute atomic E-state index is 0.0187. The van der Waals surface area contributed by atoms with Gasteiger partial charge in [0.25, 0.3) is 5.91 Å². The molecule has 1 N–H and O–H groups in total. The average molecular weight is 508 g/mol. The zero-order valence-corrected chi connectivity index (χ0v) is 20.2. The first-order valence-corrected chi connectivity index (χ1v) is 12.2. The number of aromatic carboxylic acids is 1. The molecule has 1 aromatic heterocycles. The first kappa shape index (κ1) is 23.3. The van der Waals surface area contributed by atoms with Gasteiger partial charge in [0.15, 0.2) is 4.32 Å². The van der Waals surface area contributed by atoms with Crippen LogP contribution in [-0.4, -0.2) is 63.0 Å². The number of morpholine rings is 1. The molecular formula is C25H21N3O5S2. The fraction of sp³-hybridized carbons (Fsp3) is 0.200. The number of nitrogens with zero attached hydrogens (tertiary/aromatic N) is 3. The van der Waals surface area contributed by atoms with Gasteiger partial charge in [-0.1, -0.05) is 48.2 Å². The number of amides is 2. The summed E-state index contributed by atoms with van der Waals surface area (Å²) in [6.07, 6.45) is 3.65. The Kier molecular flexibility index (Phi) is 6.42. The Morgan fingerprint density at radius 3 is 2.66 bits per heavy atom. The largest absolute Gasteiger partial charge is 0.478 e. The van der Waals surface area contributed by atoms with E-state index < -0.39 is 5.97 Å². The topological polar surface area (TPSA) is 92.1 Å². The second kappa shape index (κ2) is 9.65. The van der Waals surface area contributed by atoms with Crippen LogP contribution in [0.5, 0.6) is 0 Å². The molecule has 0 saturated carbocycles. The minimum Gasteiger partial charge on any atom is -0.478 e. The number of thiocarbonyl (C=S) groups is 1. The lowest BCUT2D eigenvalue weighted by atomic mass is 10.1. The number of carboxylic acids is 1. The van der Waals surface area contributed by atoms with E-state index in [0.717, 1.165) is 28.2 Å². The van der Waals surface area contributed by atoms with Crippen LogP contribution in [0.25, 0.3) is 17.0 Å². The van der Waals surface area contributed by atoms with Crippen molar-refractivity contribution in [1.29, 1.82) is 0 Å². The molecule has 0 unspecified atom stereocenters. The maximum atomic E-state index is 13.3. The molecule has 2 amide bonds. The number of ether oxygens (including phenoxy) is 1. The Bertz CT molecular complexity index is 1390. The number of rotatable bonds is 5. The molecule has 178 valence electrons. The fourth-order valence-corrected chi connectivity index (χ4v) is 5.48. The van der Waals surface area contributed by atoms with Gasteiger partial charge in [-0.05, 0) is 30.3 Å². The van der Waals surface area contributed by atoms with E-state index in [1.807, 2.05) is 35.0 Å². The smallest absolute Gasteiger partial charge is 0.335 e. The summed E-state index contributed by atoms with van der Waals surface area (Å²) in [5.41, 5.74) is 2.18. The van der Waals surface area contributed by atoms with Crippen molar-refractivity contribution in [3.05, 3.63) is 70.8 Å². The number of carboxylic acid groups (broad SMARTS) is 1. The minimum atomic E-state index is -1.08. The maximum Gasteiger partial charge on any atom is 0.335 e. The van der Waals surface area contributed by atoms with E-state index in [9.17, 15) is 19.5 Å². The summed E-state index contributed by atoms with van der Waals surface area (Å²) in [5, 5.41) is 10.2. The van der Waals surface area contributed by atoms with Gasteiger partial charge < -0.3 is 19.3 Å². The van der Waals surface area contributed by atoms with Gasteiger partial charge in [-0.3, -0.25) is 14.5 Å². The monoisotopic (exact) mass is 507 g/mol. The van der Waals surface area contributed by atoms with Crippen LogP contribution in [-0.2, 0) is 20.9 Å². The summed E-state index contributed by atoms with van der Waals surface area (Å²) in [5.74, 6) is -1.37. The highest BCUT2D eigenvalue weighted by molar-refractivity contribution is 8.27. The van der Waals surface area contributed by atoms with Crippen LogP contribution in [0.1, 0.15) is 15.9 Å². The van der Waals surface area contributed by atoms with E-state index in [-0.39, 0.29) is 23.9 Å². The molecule has 0 radical (unpaired) electrons. The lowest BCUT2D eigenvalue weighted by Crippen LogP contribution is -2.42. The van der Waals surface area contributed by atoms with E-state index in [1.54, 1.807) is 23.1 Å². The highest BCUT2D eigenvalue weighted by Crippen LogP contribution is 2.37. The Hall–Kier alpha value is -3.47. The Labute approximate surface area is 210 Å². The summed E-state index contributed by atoms with van der Waals surface area (Å²) < 4.78 is 7.57. The number of carbonyl (C=O) groups excluding carboxylic acids is 2. The zero-order valence-electron chi connectivity index (χ0n) is 18.5. The van der Waals surface area contributed by atoms with Crippen molar-refractivity contribution < 1.29 is 24.2 Å². The van der Waals surface area contributed by atoms with Gasteiger partial charge in [-0.15, -0.1) is 0 Å². The second-order valence-electron chi connectivity index (χ2n) is 8.10. The van der Waals surface area contributed by atoms with Gasteiger partial charge in [0.1, 0.15) is 6.54 Å². The van der Waals surface area contributed by atoms with E-state index >= 15 is 0 Å². The lowest BCUT2D eigenvalue weighted by Gasteiger charge is -2.27. The van der Waals surface area contributed by atoms with Crippen molar-refractivity contribution in [3.8, 4) is 0 Å². The van der Waals surface area contributed by atoms with Crippen molar-refractivity contribution >= 4 is 68.8 Å². The van der Waals surface area contributed by atoms with Crippen LogP contribution in [0.3, 0.4) is 0 Å². The molecule has 3 heterocycles. The number of para-hydroxylation sites is 1. The normalized spacial score (nSPS) is 17.5. The Morgan fingerprint density at radius 2 is 1.89 bits per heavy atom. The van der Waals surface area contributed by atoms with Crippen LogP contribution in [0.2, 0.25) is 0 Å². The third kappa shape index (κ3) is 4.60. The number of carbonyl (C=O) groups is 3. The Morgan fingerprint density at radius 1 is 1.11 bits per heavy atom. The molecule has 2 aliphatic rings. The van der Waals surface area contributed by atoms with Crippen LogP contribution in [0.4, 0.5) is 5.69 Å². The molecule has 2 fully saturated rings. The average Bonchev–Trinajstić information content (AvgIpc) is 3.35. The molecule has 0 atom stereocenters. The number of anilines is 1. The third-order valence-corrected chi connectivity index (χ3v) is 7.22. The van der Waals surface area contributed by atoms with Gasteiger partial charge in [-0.25, -0.2) is 4.79 Å². The van der Waals surface area contributed by atoms with Crippen molar-refractivity contribution in [3.63, 3.8) is 0 Å². The zero-order chi connectivity index (χ0) is 24.5. The van der Waals surface area contributed by atoms with Gasteiger partial charge in [0.2, 0.25) is 5.91 Å². The highest BCUT2D eigenvalue weighted by Gasteiger charge is 2.34. The summed E-state index contributed by atoms with van der Waals surface area (Å²) in [4.78, 5) is 41.0.